The lowest BCUT2D eigenvalue weighted by Gasteiger charge is -2.62. The summed E-state index contributed by atoms with van der Waals surface area (Å²) >= 11 is 0. The molecule has 1 unspecified atom stereocenters. The van der Waals surface area contributed by atoms with Crippen molar-refractivity contribution in [3.63, 3.8) is 0 Å². The topological polar surface area (TPSA) is 84.1 Å². The second-order valence-electron chi connectivity index (χ2n) is 12.8. The number of aliphatic hydroxyl groups excluding tert-OH is 1. The lowest BCUT2D eigenvalue weighted by molar-refractivity contribution is -0.150. The molecule has 2 aromatic rings. The first kappa shape index (κ1) is 22.0. The van der Waals surface area contributed by atoms with E-state index in [1.807, 2.05) is 17.8 Å². The van der Waals surface area contributed by atoms with Crippen LogP contribution >= 0.6 is 0 Å². The van der Waals surface area contributed by atoms with Crippen molar-refractivity contribution in [1.29, 1.82) is 0 Å². The van der Waals surface area contributed by atoms with Crippen LogP contribution in [0, 0.1) is 40.4 Å². The summed E-state index contributed by atoms with van der Waals surface area (Å²) in [7, 11) is 0. The molecular formula is C27H40N4O2. The summed E-state index contributed by atoms with van der Waals surface area (Å²) in [6.45, 7) is 7.61. The van der Waals surface area contributed by atoms with Gasteiger partial charge in [-0.2, -0.15) is 5.10 Å². The average molecular weight is 453 g/mol. The maximum absolute atomic E-state index is 11.4. The maximum Gasteiger partial charge on any atom is 0.199 e. The minimum Gasteiger partial charge on any atom is -0.391 e. The monoisotopic (exact) mass is 452 g/mol. The third kappa shape index (κ3) is 3.38. The van der Waals surface area contributed by atoms with E-state index in [-0.39, 0.29) is 11.5 Å². The molecule has 6 rings (SSSR count). The van der Waals surface area contributed by atoms with Crippen LogP contribution in [-0.4, -0.2) is 41.7 Å². The van der Waals surface area contributed by atoms with Crippen LogP contribution in [0.2, 0.25) is 0 Å². The van der Waals surface area contributed by atoms with E-state index in [4.69, 9.17) is 0 Å². The number of aromatic nitrogens is 4. The molecule has 2 aromatic heterocycles. The Kier molecular flexibility index (Phi) is 4.98. The van der Waals surface area contributed by atoms with Crippen LogP contribution in [-0.2, 0) is 6.54 Å². The van der Waals surface area contributed by atoms with E-state index in [0.29, 0.717) is 29.4 Å². The molecule has 4 fully saturated rings. The maximum atomic E-state index is 11.4. The molecule has 0 bridgehead atoms. The highest BCUT2D eigenvalue weighted by atomic mass is 16.3. The summed E-state index contributed by atoms with van der Waals surface area (Å²) in [5.41, 5.74) is 1.57. The number of hydrogen-bond donors (Lipinski definition) is 2. The fraction of sp³-hybridized carbons (Fsp3) is 0.815. The summed E-state index contributed by atoms with van der Waals surface area (Å²) in [5, 5.41) is 26.7. The molecule has 33 heavy (non-hydrogen) atoms. The van der Waals surface area contributed by atoms with Crippen LogP contribution in [0.3, 0.4) is 0 Å². The smallest absolute Gasteiger partial charge is 0.199 e. The first-order valence-corrected chi connectivity index (χ1v) is 13.2. The van der Waals surface area contributed by atoms with Gasteiger partial charge in [0.2, 0.25) is 0 Å². The number of hydrogen-bond acceptors (Lipinski definition) is 5. The van der Waals surface area contributed by atoms with E-state index in [9.17, 15) is 10.2 Å². The predicted molar refractivity (Wildman–Crippen MR) is 127 cm³/mol. The number of fused-ring (bicyclic) bond motifs is 6. The van der Waals surface area contributed by atoms with Gasteiger partial charge in [-0.25, -0.2) is 9.97 Å². The van der Waals surface area contributed by atoms with Gasteiger partial charge in [0.15, 0.2) is 5.65 Å². The van der Waals surface area contributed by atoms with Crippen LogP contribution in [0.5, 0.6) is 0 Å². The quantitative estimate of drug-likeness (QED) is 0.711. The van der Waals surface area contributed by atoms with Gasteiger partial charge in [0, 0.05) is 12.4 Å². The Bertz CT molecular complexity index is 1000. The van der Waals surface area contributed by atoms with Crippen molar-refractivity contribution in [3.05, 3.63) is 18.6 Å². The summed E-state index contributed by atoms with van der Waals surface area (Å²) in [6.07, 6.45) is 15.5. The van der Waals surface area contributed by atoms with Gasteiger partial charge in [0.05, 0.1) is 24.4 Å². The second-order valence-corrected chi connectivity index (χ2v) is 12.8. The number of nitrogens with zero attached hydrogens (tertiary/aromatic N) is 4. The normalized spacial score (nSPS) is 45.9. The molecule has 2 N–H and O–H groups in total. The van der Waals surface area contributed by atoms with Crippen molar-refractivity contribution < 1.29 is 10.2 Å². The SMILES string of the molecule is C[C@@]1(O)CC[C@@]2(C)[C@@H](CC[C@@H]3[C@@H]2CC[C@]2(C)[C@@H](C(O)Cn4cc5nccnc5n4)CC[C@@H]32)C1. The molecule has 6 nitrogen and oxygen atoms in total. The molecule has 0 amide bonds. The lowest BCUT2D eigenvalue weighted by atomic mass is 9.44. The fourth-order valence-corrected chi connectivity index (χ4v) is 9.32. The summed E-state index contributed by atoms with van der Waals surface area (Å²) < 4.78 is 1.85. The van der Waals surface area contributed by atoms with Crippen LogP contribution in [0.1, 0.15) is 78.6 Å². The molecule has 0 radical (unpaired) electrons. The first-order chi connectivity index (χ1) is 15.7. The van der Waals surface area contributed by atoms with E-state index < -0.39 is 5.60 Å². The van der Waals surface area contributed by atoms with Crippen molar-refractivity contribution in [3.8, 4) is 0 Å². The summed E-state index contributed by atoms with van der Waals surface area (Å²) in [6, 6.07) is 0. The molecule has 0 aliphatic heterocycles. The molecule has 4 aliphatic carbocycles. The molecule has 2 heterocycles. The summed E-state index contributed by atoms with van der Waals surface area (Å²) in [4.78, 5) is 8.62. The largest absolute Gasteiger partial charge is 0.391 e. The van der Waals surface area contributed by atoms with Crippen molar-refractivity contribution in [1.82, 2.24) is 19.7 Å². The summed E-state index contributed by atoms with van der Waals surface area (Å²) in [5.74, 6) is 3.29. The third-order valence-electron chi connectivity index (χ3n) is 11.1. The molecule has 0 saturated heterocycles. The van der Waals surface area contributed by atoms with Gasteiger partial charge in [-0.15, -0.1) is 0 Å². The van der Waals surface area contributed by atoms with Crippen molar-refractivity contribution in [2.45, 2.75) is 96.8 Å². The molecule has 0 spiro atoms. The standard InChI is InChI=1S/C27H40N4O2/c1-25(33)10-11-26(2)17(14-25)4-5-18-19-6-7-21(27(19,3)9-8-20(18)26)23(32)16-31-15-22-24(30-31)29-13-12-28-22/h12-13,15,17-21,23,32-33H,4-11,14,16H2,1-3H3/t17-,18-,19-,20-,21+,23?,25+,26-,27-/m0/s1. The van der Waals surface area contributed by atoms with Crippen molar-refractivity contribution >= 4 is 11.2 Å². The van der Waals surface area contributed by atoms with Gasteiger partial charge < -0.3 is 10.2 Å². The van der Waals surface area contributed by atoms with Crippen molar-refractivity contribution in [2.24, 2.45) is 40.4 Å². The van der Waals surface area contributed by atoms with Crippen molar-refractivity contribution in [2.75, 3.05) is 0 Å². The zero-order valence-corrected chi connectivity index (χ0v) is 20.5. The van der Waals surface area contributed by atoms with E-state index in [0.717, 1.165) is 42.5 Å². The number of rotatable bonds is 3. The Morgan fingerprint density at radius 1 is 0.970 bits per heavy atom. The van der Waals surface area contributed by atoms with Crippen LogP contribution in [0.15, 0.2) is 18.6 Å². The van der Waals surface area contributed by atoms with E-state index in [1.54, 1.807) is 12.4 Å². The van der Waals surface area contributed by atoms with Crippen LogP contribution in [0.4, 0.5) is 0 Å². The van der Waals surface area contributed by atoms with Gasteiger partial charge >= 0.3 is 0 Å². The second kappa shape index (κ2) is 7.48. The molecular weight excluding hydrogens is 412 g/mol. The van der Waals surface area contributed by atoms with Crippen LogP contribution in [0.25, 0.3) is 11.2 Å². The van der Waals surface area contributed by atoms with Crippen LogP contribution < -0.4 is 0 Å². The fourth-order valence-electron chi connectivity index (χ4n) is 9.32. The number of aliphatic hydroxyl groups is 2. The molecule has 4 aliphatic rings. The average Bonchev–Trinajstić information content (AvgIpc) is 3.34. The Morgan fingerprint density at radius 2 is 1.76 bits per heavy atom. The highest BCUT2D eigenvalue weighted by Gasteiger charge is 2.61. The van der Waals surface area contributed by atoms with E-state index >= 15 is 0 Å². The molecule has 180 valence electrons. The predicted octanol–water partition coefficient (Wildman–Crippen LogP) is 4.60. The Labute approximate surface area is 197 Å². The molecule has 0 aromatic carbocycles. The van der Waals surface area contributed by atoms with Gasteiger partial charge in [-0.3, -0.25) is 4.68 Å². The van der Waals surface area contributed by atoms with Gasteiger partial charge in [0.25, 0.3) is 0 Å². The minimum absolute atomic E-state index is 0.215. The van der Waals surface area contributed by atoms with Gasteiger partial charge in [-0.1, -0.05) is 13.8 Å². The van der Waals surface area contributed by atoms with E-state index in [1.165, 1.54) is 38.5 Å². The van der Waals surface area contributed by atoms with Gasteiger partial charge in [0.1, 0.15) is 5.52 Å². The highest BCUT2D eigenvalue weighted by Crippen LogP contribution is 2.68. The lowest BCUT2D eigenvalue weighted by Crippen LogP contribution is -2.56. The Morgan fingerprint density at radius 3 is 2.58 bits per heavy atom. The van der Waals surface area contributed by atoms with E-state index in [2.05, 4.69) is 28.9 Å². The zero-order valence-electron chi connectivity index (χ0n) is 20.5. The minimum atomic E-state index is -0.467. The molecule has 4 saturated carbocycles. The Hall–Kier alpha value is -1.53. The molecule has 6 heteroatoms. The highest BCUT2D eigenvalue weighted by molar-refractivity contribution is 5.67. The third-order valence-corrected chi connectivity index (χ3v) is 11.1. The first-order valence-electron chi connectivity index (χ1n) is 13.2. The Balaban J connectivity index is 1.20. The zero-order chi connectivity index (χ0) is 23.0. The van der Waals surface area contributed by atoms with Gasteiger partial charge in [-0.05, 0) is 105 Å². The molecule has 9 atom stereocenters.